The summed E-state index contributed by atoms with van der Waals surface area (Å²) in [5.41, 5.74) is 9.93. The number of rotatable bonds is 4. The Morgan fingerprint density at radius 3 is 2.74 bits per heavy atom. The van der Waals surface area contributed by atoms with E-state index in [1.807, 2.05) is 43.9 Å². The van der Waals surface area contributed by atoms with Crippen LogP contribution in [0.1, 0.15) is 27.2 Å². The van der Waals surface area contributed by atoms with Gasteiger partial charge < -0.3 is 11.1 Å². The monoisotopic (exact) mass is 258 g/mol. The Morgan fingerprint density at radius 1 is 1.42 bits per heavy atom. The van der Waals surface area contributed by atoms with Gasteiger partial charge in [0.2, 0.25) is 5.91 Å². The van der Waals surface area contributed by atoms with Crippen molar-refractivity contribution in [2.45, 2.75) is 20.4 Å². The van der Waals surface area contributed by atoms with Gasteiger partial charge in [0.15, 0.2) is 0 Å². The Morgan fingerprint density at radius 2 is 2.16 bits per heavy atom. The van der Waals surface area contributed by atoms with Gasteiger partial charge in [0, 0.05) is 36.1 Å². The zero-order valence-corrected chi connectivity index (χ0v) is 11.4. The molecule has 0 aliphatic carbocycles. The van der Waals surface area contributed by atoms with E-state index in [1.54, 1.807) is 6.07 Å². The van der Waals surface area contributed by atoms with Crippen LogP contribution in [-0.2, 0) is 13.6 Å². The lowest BCUT2D eigenvalue weighted by Crippen LogP contribution is -2.14. The van der Waals surface area contributed by atoms with Gasteiger partial charge in [-0.2, -0.15) is 5.10 Å². The van der Waals surface area contributed by atoms with Gasteiger partial charge in [0.05, 0.1) is 6.20 Å². The zero-order valence-electron chi connectivity index (χ0n) is 11.4. The molecule has 5 heteroatoms. The van der Waals surface area contributed by atoms with Crippen LogP contribution in [0.2, 0.25) is 0 Å². The van der Waals surface area contributed by atoms with E-state index < -0.39 is 5.91 Å². The third kappa shape index (κ3) is 2.59. The van der Waals surface area contributed by atoms with E-state index in [0.29, 0.717) is 12.1 Å². The first kappa shape index (κ1) is 13.1. The summed E-state index contributed by atoms with van der Waals surface area (Å²) in [5, 5.41) is 7.52. The molecule has 2 aromatic rings. The molecule has 19 heavy (non-hydrogen) atoms. The van der Waals surface area contributed by atoms with Crippen molar-refractivity contribution in [3.63, 3.8) is 0 Å². The molecule has 5 nitrogen and oxygen atoms in total. The number of aromatic nitrogens is 2. The van der Waals surface area contributed by atoms with Crippen molar-refractivity contribution < 1.29 is 4.79 Å². The van der Waals surface area contributed by atoms with Crippen LogP contribution in [0.25, 0.3) is 0 Å². The van der Waals surface area contributed by atoms with E-state index in [1.165, 1.54) is 0 Å². The van der Waals surface area contributed by atoms with Crippen molar-refractivity contribution in [2.75, 3.05) is 5.32 Å². The van der Waals surface area contributed by atoms with Crippen molar-refractivity contribution >= 4 is 11.6 Å². The molecule has 0 saturated heterocycles. The molecular weight excluding hydrogens is 240 g/mol. The second-order valence-electron chi connectivity index (χ2n) is 4.57. The minimum absolute atomic E-state index is 0.404. The molecule has 1 aromatic carbocycles. The van der Waals surface area contributed by atoms with Crippen LogP contribution in [0.15, 0.2) is 24.4 Å². The first-order valence-electron chi connectivity index (χ1n) is 6.11. The van der Waals surface area contributed by atoms with Crippen molar-refractivity contribution in [3.05, 3.63) is 46.8 Å². The van der Waals surface area contributed by atoms with Gasteiger partial charge in [-0.05, 0) is 31.5 Å². The SMILES string of the molecule is Cc1c(NCc2cnn(C)c2C)cccc1C(N)=O. The van der Waals surface area contributed by atoms with Crippen molar-refractivity contribution in [1.82, 2.24) is 9.78 Å². The molecule has 1 amide bonds. The van der Waals surface area contributed by atoms with Gasteiger partial charge in [-0.3, -0.25) is 9.48 Å². The molecule has 0 fully saturated rings. The molecule has 1 heterocycles. The lowest BCUT2D eigenvalue weighted by Gasteiger charge is -2.11. The predicted octanol–water partition coefficient (Wildman–Crippen LogP) is 1.75. The van der Waals surface area contributed by atoms with Crippen LogP contribution in [-0.4, -0.2) is 15.7 Å². The second kappa shape index (κ2) is 5.14. The summed E-state index contributed by atoms with van der Waals surface area (Å²) in [6.07, 6.45) is 1.84. The fourth-order valence-electron chi connectivity index (χ4n) is 2.00. The van der Waals surface area contributed by atoms with Gasteiger partial charge in [0.1, 0.15) is 0 Å². The summed E-state index contributed by atoms with van der Waals surface area (Å²) in [6, 6.07) is 5.50. The zero-order chi connectivity index (χ0) is 14.0. The molecule has 1 aromatic heterocycles. The number of nitrogens with two attached hydrogens (primary N) is 1. The number of nitrogens with one attached hydrogen (secondary N) is 1. The van der Waals surface area contributed by atoms with Gasteiger partial charge in [-0.1, -0.05) is 6.07 Å². The first-order valence-corrected chi connectivity index (χ1v) is 6.11. The third-order valence-electron chi connectivity index (χ3n) is 3.41. The van der Waals surface area contributed by atoms with E-state index in [9.17, 15) is 4.79 Å². The minimum Gasteiger partial charge on any atom is -0.381 e. The second-order valence-corrected chi connectivity index (χ2v) is 4.57. The summed E-state index contributed by atoms with van der Waals surface area (Å²) >= 11 is 0. The number of benzene rings is 1. The van der Waals surface area contributed by atoms with Crippen LogP contribution >= 0.6 is 0 Å². The molecule has 2 rings (SSSR count). The molecule has 0 saturated carbocycles. The molecule has 0 aliphatic rings. The van der Waals surface area contributed by atoms with Crippen LogP contribution < -0.4 is 11.1 Å². The Balaban J connectivity index is 2.18. The maximum Gasteiger partial charge on any atom is 0.249 e. The summed E-state index contributed by atoms with van der Waals surface area (Å²) in [4.78, 5) is 11.3. The molecule has 0 spiro atoms. The Hall–Kier alpha value is -2.30. The standard InChI is InChI=1S/C14H18N4O/c1-9-12(14(15)19)5-4-6-13(9)16-7-11-8-17-18(3)10(11)2/h4-6,8,16H,7H2,1-3H3,(H2,15,19). The van der Waals surface area contributed by atoms with Crippen molar-refractivity contribution in [1.29, 1.82) is 0 Å². The highest BCUT2D eigenvalue weighted by atomic mass is 16.1. The molecule has 0 bridgehead atoms. The summed E-state index contributed by atoms with van der Waals surface area (Å²) < 4.78 is 1.84. The molecule has 0 radical (unpaired) electrons. The Bertz CT molecular complexity index is 616. The minimum atomic E-state index is -0.404. The normalized spacial score (nSPS) is 10.5. The van der Waals surface area contributed by atoms with E-state index in [2.05, 4.69) is 10.4 Å². The van der Waals surface area contributed by atoms with E-state index in [-0.39, 0.29) is 0 Å². The Labute approximate surface area is 112 Å². The number of aryl methyl sites for hydroxylation is 1. The fraction of sp³-hybridized carbons (Fsp3) is 0.286. The van der Waals surface area contributed by atoms with Gasteiger partial charge >= 0.3 is 0 Å². The number of hydrogen-bond donors (Lipinski definition) is 2. The third-order valence-corrected chi connectivity index (χ3v) is 3.41. The van der Waals surface area contributed by atoms with E-state index >= 15 is 0 Å². The number of carbonyl (C=O) groups is 1. The average molecular weight is 258 g/mol. The van der Waals surface area contributed by atoms with Gasteiger partial charge in [0.25, 0.3) is 0 Å². The summed E-state index contributed by atoms with van der Waals surface area (Å²) in [7, 11) is 1.91. The van der Waals surface area contributed by atoms with Gasteiger partial charge in [-0.25, -0.2) is 0 Å². The quantitative estimate of drug-likeness (QED) is 0.877. The largest absolute Gasteiger partial charge is 0.381 e. The van der Waals surface area contributed by atoms with E-state index in [0.717, 1.165) is 22.5 Å². The number of anilines is 1. The molecule has 0 unspecified atom stereocenters. The van der Waals surface area contributed by atoms with Crippen LogP contribution in [0.5, 0.6) is 0 Å². The maximum absolute atomic E-state index is 11.3. The predicted molar refractivity (Wildman–Crippen MR) is 75.0 cm³/mol. The van der Waals surface area contributed by atoms with Crippen LogP contribution in [0.3, 0.4) is 0 Å². The molecular formula is C14H18N4O. The van der Waals surface area contributed by atoms with Crippen LogP contribution in [0, 0.1) is 13.8 Å². The number of amides is 1. The highest BCUT2D eigenvalue weighted by Gasteiger charge is 2.09. The van der Waals surface area contributed by atoms with Crippen molar-refractivity contribution in [3.8, 4) is 0 Å². The number of primary amides is 1. The number of nitrogens with zero attached hydrogens (tertiary/aromatic N) is 2. The lowest BCUT2D eigenvalue weighted by atomic mass is 10.1. The molecule has 3 N–H and O–H groups in total. The lowest BCUT2D eigenvalue weighted by molar-refractivity contribution is 0.1000. The van der Waals surface area contributed by atoms with E-state index in [4.69, 9.17) is 5.73 Å². The summed E-state index contributed by atoms with van der Waals surface area (Å²) in [6.45, 7) is 4.58. The van der Waals surface area contributed by atoms with Crippen LogP contribution in [0.4, 0.5) is 5.69 Å². The fourth-order valence-corrected chi connectivity index (χ4v) is 2.00. The first-order chi connectivity index (χ1) is 9.00. The highest BCUT2D eigenvalue weighted by Crippen LogP contribution is 2.19. The smallest absolute Gasteiger partial charge is 0.249 e. The number of carbonyl (C=O) groups excluding carboxylic acids is 1. The van der Waals surface area contributed by atoms with Crippen molar-refractivity contribution in [2.24, 2.45) is 12.8 Å². The van der Waals surface area contributed by atoms with Gasteiger partial charge in [-0.15, -0.1) is 0 Å². The molecule has 0 atom stereocenters. The summed E-state index contributed by atoms with van der Waals surface area (Å²) in [5.74, 6) is -0.404. The molecule has 100 valence electrons. The Kier molecular flexibility index (Phi) is 3.55. The maximum atomic E-state index is 11.3. The number of hydrogen-bond acceptors (Lipinski definition) is 3. The highest BCUT2D eigenvalue weighted by molar-refractivity contribution is 5.95. The molecule has 0 aliphatic heterocycles. The average Bonchev–Trinajstić information content (AvgIpc) is 2.68. The topological polar surface area (TPSA) is 72.9 Å².